The molecular weight excluding hydrogens is 196 g/mol. The van der Waals surface area contributed by atoms with Crippen molar-refractivity contribution in [3.8, 4) is 10.4 Å². The van der Waals surface area contributed by atoms with Gasteiger partial charge in [0.1, 0.15) is 0 Å². The minimum absolute atomic E-state index is 0.292. The van der Waals surface area contributed by atoms with E-state index in [1.165, 1.54) is 17.4 Å². The van der Waals surface area contributed by atoms with E-state index in [-0.39, 0.29) is 5.56 Å². The van der Waals surface area contributed by atoms with E-state index in [0.29, 0.717) is 5.13 Å². The summed E-state index contributed by atoms with van der Waals surface area (Å²) in [6.45, 7) is 0. The third kappa shape index (κ3) is 1.80. The number of benzene rings is 1. The van der Waals surface area contributed by atoms with Crippen LogP contribution in [0.25, 0.3) is 10.4 Å². The number of anilines is 1. The van der Waals surface area contributed by atoms with E-state index in [9.17, 15) is 4.79 Å². The van der Waals surface area contributed by atoms with Gasteiger partial charge in [-0.2, -0.15) is 4.98 Å². The number of nitrogens with two attached hydrogens (primary N) is 1. The lowest BCUT2D eigenvalue weighted by Crippen LogP contribution is -2.05. The quantitative estimate of drug-likeness (QED) is 0.770. The van der Waals surface area contributed by atoms with Gasteiger partial charge >= 0.3 is 0 Å². The SMILES string of the molecule is Nc1nc(=O)cc(-c2ccccc2)s1. The number of aromatic nitrogens is 1. The van der Waals surface area contributed by atoms with Crippen LogP contribution in [-0.4, -0.2) is 4.98 Å². The lowest BCUT2D eigenvalue weighted by Gasteiger charge is -1.99. The summed E-state index contributed by atoms with van der Waals surface area (Å²) in [6, 6.07) is 11.1. The van der Waals surface area contributed by atoms with E-state index in [2.05, 4.69) is 4.98 Å². The topological polar surface area (TPSA) is 56.0 Å². The van der Waals surface area contributed by atoms with Gasteiger partial charge < -0.3 is 5.73 Å². The van der Waals surface area contributed by atoms with E-state index >= 15 is 0 Å². The predicted octanol–water partition coefficient (Wildman–Crippen LogP) is 1.75. The molecule has 0 bridgehead atoms. The largest absolute Gasteiger partial charge is 0.375 e. The van der Waals surface area contributed by atoms with E-state index in [1.807, 2.05) is 30.3 Å². The Kier molecular flexibility index (Phi) is 2.28. The van der Waals surface area contributed by atoms with E-state index in [1.54, 1.807) is 0 Å². The molecule has 1 aromatic heterocycles. The molecule has 70 valence electrons. The third-order valence-corrected chi connectivity index (χ3v) is 2.62. The van der Waals surface area contributed by atoms with Crippen LogP contribution in [0.4, 0.5) is 5.13 Å². The second-order valence-corrected chi connectivity index (χ2v) is 3.83. The molecule has 0 amide bonds. The summed E-state index contributed by atoms with van der Waals surface area (Å²) in [5, 5.41) is 0.302. The van der Waals surface area contributed by atoms with Crippen LogP contribution in [0.3, 0.4) is 0 Å². The molecule has 0 aliphatic carbocycles. The van der Waals surface area contributed by atoms with E-state index in [0.717, 1.165) is 10.4 Å². The van der Waals surface area contributed by atoms with Gasteiger partial charge in [0, 0.05) is 10.9 Å². The maximum atomic E-state index is 11.1. The van der Waals surface area contributed by atoms with Crippen molar-refractivity contribution in [2.45, 2.75) is 0 Å². The molecule has 0 aliphatic rings. The minimum atomic E-state index is -0.292. The Bertz CT molecular complexity index is 493. The fraction of sp³-hybridized carbons (Fsp3) is 0. The summed E-state index contributed by atoms with van der Waals surface area (Å²) in [4.78, 5) is 15.6. The van der Waals surface area contributed by atoms with Crippen molar-refractivity contribution in [1.82, 2.24) is 4.98 Å². The Hall–Kier alpha value is -1.68. The molecule has 0 unspecified atom stereocenters. The van der Waals surface area contributed by atoms with Gasteiger partial charge in [-0.3, -0.25) is 4.79 Å². The van der Waals surface area contributed by atoms with Gasteiger partial charge in [0.25, 0.3) is 5.56 Å². The average Bonchev–Trinajstić information content (AvgIpc) is 2.18. The smallest absolute Gasteiger partial charge is 0.273 e. The number of rotatable bonds is 1. The summed E-state index contributed by atoms with van der Waals surface area (Å²) in [5.41, 5.74) is 6.20. The molecule has 2 aromatic rings. The average molecular weight is 204 g/mol. The Labute approximate surface area is 84.9 Å². The van der Waals surface area contributed by atoms with E-state index < -0.39 is 0 Å². The summed E-state index contributed by atoms with van der Waals surface area (Å²) in [6.07, 6.45) is 0. The van der Waals surface area contributed by atoms with Crippen molar-refractivity contribution >= 4 is 16.5 Å². The summed E-state index contributed by atoms with van der Waals surface area (Å²) < 4.78 is 0. The maximum Gasteiger partial charge on any atom is 0.273 e. The van der Waals surface area contributed by atoms with Crippen LogP contribution < -0.4 is 11.3 Å². The molecule has 0 fully saturated rings. The zero-order valence-electron chi connectivity index (χ0n) is 7.31. The molecule has 3 nitrogen and oxygen atoms in total. The molecule has 0 saturated heterocycles. The monoisotopic (exact) mass is 204 g/mol. The van der Waals surface area contributed by atoms with Crippen LogP contribution in [0.2, 0.25) is 0 Å². The van der Waals surface area contributed by atoms with Gasteiger partial charge in [-0.15, -0.1) is 0 Å². The molecule has 1 aromatic carbocycles. The van der Waals surface area contributed by atoms with Crippen LogP contribution in [0, 0.1) is 0 Å². The Morgan fingerprint density at radius 2 is 1.93 bits per heavy atom. The highest BCUT2D eigenvalue weighted by Crippen LogP contribution is 2.23. The zero-order chi connectivity index (χ0) is 9.97. The minimum Gasteiger partial charge on any atom is -0.375 e. The highest BCUT2D eigenvalue weighted by atomic mass is 32.1. The molecule has 0 radical (unpaired) electrons. The van der Waals surface area contributed by atoms with Crippen molar-refractivity contribution in [1.29, 1.82) is 0 Å². The van der Waals surface area contributed by atoms with Gasteiger partial charge in [-0.05, 0) is 5.56 Å². The van der Waals surface area contributed by atoms with Crippen LogP contribution in [-0.2, 0) is 0 Å². The normalized spacial score (nSPS) is 10.0. The second kappa shape index (κ2) is 3.59. The predicted molar refractivity (Wildman–Crippen MR) is 58.2 cm³/mol. The number of nitrogens with zero attached hydrogens (tertiary/aromatic N) is 1. The Balaban J connectivity index is 2.58. The molecule has 2 N–H and O–H groups in total. The first-order valence-corrected chi connectivity index (χ1v) is 4.90. The molecule has 0 spiro atoms. The molecule has 14 heavy (non-hydrogen) atoms. The number of hydrogen-bond donors (Lipinski definition) is 1. The molecule has 1 heterocycles. The maximum absolute atomic E-state index is 11.1. The second-order valence-electron chi connectivity index (χ2n) is 2.76. The molecule has 0 aliphatic heterocycles. The molecular formula is C10H8N2OS. The van der Waals surface area contributed by atoms with Gasteiger partial charge in [0.15, 0.2) is 5.13 Å². The highest BCUT2D eigenvalue weighted by molar-refractivity contribution is 7.18. The van der Waals surface area contributed by atoms with Crippen LogP contribution in [0.5, 0.6) is 0 Å². The van der Waals surface area contributed by atoms with Crippen molar-refractivity contribution in [3.05, 3.63) is 46.8 Å². The first-order chi connectivity index (χ1) is 6.75. The van der Waals surface area contributed by atoms with Crippen LogP contribution in [0.1, 0.15) is 0 Å². The number of hydrogen-bond acceptors (Lipinski definition) is 4. The van der Waals surface area contributed by atoms with Crippen molar-refractivity contribution in [2.24, 2.45) is 0 Å². The summed E-state index contributed by atoms with van der Waals surface area (Å²) in [5.74, 6) is 0. The molecule has 2 rings (SSSR count). The third-order valence-electron chi connectivity index (χ3n) is 1.75. The standard InChI is InChI=1S/C10H8N2OS/c11-10-12-9(13)6-8(14-10)7-4-2-1-3-5-7/h1-6H,(H2,11,12,13). The van der Waals surface area contributed by atoms with Crippen molar-refractivity contribution < 1.29 is 0 Å². The zero-order valence-corrected chi connectivity index (χ0v) is 8.12. The van der Waals surface area contributed by atoms with Crippen LogP contribution >= 0.6 is 11.3 Å². The van der Waals surface area contributed by atoms with Gasteiger partial charge in [-0.25, -0.2) is 0 Å². The lowest BCUT2D eigenvalue weighted by atomic mass is 10.2. The molecule has 4 heteroatoms. The molecule has 0 atom stereocenters. The first kappa shape index (κ1) is 8.90. The Morgan fingerprint density at radius 1 is 1.21 bits per heavy atom. The Morgan fingerprint density at radius 3 is 2.57 bits per heavy atom. The summed E-state index contributed by atoms with van der Waals surface area (Å²) in [7, 11) is 0. The first-order valence-electron chi connectivity index (χ1n) is 4.09. The highest BCUT2D eigenvalue weighted by Gasteiger charge is 2.00. The van der Waals surface area contributed by atoms with Crippen molar-refractivity contribution in [2.75, 3.05) is 5.73 Å². The molecule has 0 saturated carbocycles. The summed E-state index contributed by atoms with van der Waals surface area (Å²) >= 11 is 1.31. The van der Waals surface area contributed by atoms with E-state index in [4.69, 9.17) is 5.73 Å². The van der Waals surface area contributed by atoms with Crippen molar-refractivity contribution in [3.63, 3.8) is 0 Å². The van der Waals surface area contributed by atoms with Crippen LogP contribution in [0.15, 0.2) is 41.2 Å². The lowest BCUT2D eigenvalue weighted by molar-refractivity contribution is 1.29. The van der Waals surface area contributed by atoms with Gasteiger partial charge in [0.2, 0.25) is 0 Å². The fourth-order valence-electron chi connectivity index (χ4n) is 1.16. The number of nitrogen functional groups attached to an aromatic ring is 1. The van der Waals surface area contributed by atoms with Gasteiger partial charge in [-0.1, -0.05) is 41.7 Å². The fourth-order valence-corrected chi connectivity index (χ4v) is 1.94. The van der Waals surface area contributed by atoms with Gasteiger partial charge in [0.05, 0.1) is 0 Å².